The van der Waals surface area contributed by atoms with Crippen molar-refractivity contribution in [1.29, 1.82) is 0 Å². The molecule has 6 nitrogen and oxygen atoms in total. The predicted molar refractivity (Wildman–Crippen MR) is 74.2 cm³/mol. The fraction of sp³-hybridized carbons (Fsp3) is 0.385. The van der Waals surface area contributed by atoms with Crippen molar-refractivity contribution in [3.63, 3.8) is 0 Å². The number of carbonyl (C=O) groups is 2. The van der Waals surface area contributed by atoms with Gasteiger partial charge in [-0.25, -0.2) is 13.2 Å². The Morgan fingerprint density at radius 1 is 1.30 bits per heavy atom. The van der Waals surface area contributed by atoms with Crippen LogP contribution in [0.25, 0.3) is 0 Å². The second-order valence-corrected chi connectivity index (χ2v) is 6.45. The molecule has 1 aromatic carbocycles. The van der Waals surface area contributed by atoms with Gasteiger partial charge in [0.1, 0.15) is 5.75 Å². The molecule has 2 N–H and O–H groups in total. The van der Waals surface area contributed by atoms with Gasteiger partial charge in [0.2, 0.25) is 5.91 Å². The lowest BCUT2D eigenvalue weighted by atomic mass is 10.1. The predicted octanol–water partition coefficient (Wildman–Crippen LogP) is 0.826. The van der Waals surface area contributed by atoms with Crippen LogP contribution in [-0.4, -0.2) is 37.7 Å². The number of benzene rings is 1. The average Bonchev–Trinajstić information content (AvgIpc) is 2.35. The highest BCUT2D eigenvalue weighted by molar-refractivity contribution is 7.91. The van der Waals surface area contributed by atoms with Gasteiger partial charge in [0, 0.05) is 6.54 Å². The number of amides is 1. The highest BCUT2D eigenvalue weighted by atomic mass is 32.2. The minimum atomic E-state index is -3.61. The summed E-state index contributed by atoms with van der Waals surface area (Å²) in [6, 6.07) is 5.68. The highest BCUT2D eigenvalue weighted by Gasteiger charge is 2.17. The van der Waals surface area contributed by atoms with Crippen molar-refractivity contribution < 1.29 is 23.1 Å². The molecule has 0 aliphatic rings. The third-order valence-corrected chi connectivity index (χ3v) is 3.96. The topological polar surface area (TPSA) is 101 Å². The number of carbonyl (C=O) groups excluding carboxylic acids is 1. The molecule has 0 heterocycles. The summed E-state index contributed by atoms with van der Waals surface area (Å²) >= 11 is 0. The van der Waals surface area contributed by atoms with Gasteiger partial charge in [-0.1, -0.05) is 19.1 Å². The lowest BCUT2D eigenvalue weighted by Gasteiger charge is -2.06. The molecule has 20 heavy (non-hydrogen) atoms. The fourth-order valence-electron chi connectivity index (χ4n) is 1.61. The van der Waals surface area contributed by atoms with Crippen molar-refractivity contribution in [1.82, 2.24) is 5.32 Å². The first kappa shape index (κ1) is 16.2. The van der Waals surface area contributed by atoms with E-state index >= 15 is 0 Å². The van der Waals surface area contributed by atoms with Gasteiger partial charge in [0.05, 0.1) is 11.3 Å². The Labute approximate surface area is 117 Å². The molecule has 0 spiro atoms. The molecule has 0 aromatic heterocycles. The van der Waals surface area contributed by atoms with Crippen LogP contribution in [0.15, 0.2) is 24.3 Å². The zero-order chi connectivity index (χ0) is 15.2. The Balaban J connectivity index is 2.73. The average molecular weight is 299 g/mol. The maximum atomic E-state index is 11.8. The number of hydrogen-bond donors (Lipinski definition) is 2. The maximum Gasteiger partial charge on any atom is 0.335 e. The normalized spacial score (nSPS) is 11.1. The van der Waals surface area contributed by atoms with E-state index in [4.69, 9.17) is 5.11 Å². The molecule has 0 saturated heterocycles. The quantitative estimate of drug-likeness (QED) is 0.776. The molecule has 0 aliphatic heterocycles. The Morgan fingerprint density at radius 2 is 2.00 bits per heavy atom. The van der Waals surface area contributed by atoms with Gasteiger partial charge >= 0.3 is 5.97 Å². The van der Waals surface area contributed by atoms with Crippen LogP contribution in [0.5, 0.6) is 0 Å². The first-order valence-electron chi connectivity index (χ1n) is 6.13. The Morgan fingerprint density at radius 3 is 2.60 bits per heavy atom. The van der Waals surface area contributed by atoms with Crippen LogP contribution >= 0.6 is 0 Å². The van der Waals surface area contributed by atoms with Crippen LogP contribution in [0.4, 0.5) is 0 Å². The summed E-state index contributed by atoms with van der Waals surface area (Å²) < 4.78 is 23.7. The molecule has 0 atom stereocenters. The van der Waals surface area contributed by atoms with Gasteiger partial charge in [-0.15, -0.1) is 0 Å². The van der Waals surface area contributed by atoms with E-state index in [0.29, 0.717) is 12.1 Å². The van der Waals surface area contributed by atoms with Crippen molar-refractivity contribution in [2.24, 2.45) is 0 Å². The molecule has 0 fully saturated rings. The van der Waals surface area contributed by atoms with Crippen molar-refractivity contribution in [2.75, 3.05) is 12.3 Å². The maximum absolute atomic E-state index is 11.8. The molecule has 0 aliphatic carbocycles. The third kappa shape index (κ3) is 5.40. The van der Waals surface area contributed by atoms with Crippen LogP contribution < -0.4 is 5.32 Å². The van der Waals surface area contributed by atoms with Gasteiger partial charge in [-0.05, 0) is 24.1 Å². The number of nitrogens with one attached hydrogen (secondary N) is 1. The van der Waals surface area contributed by atoms with Gasteiger partial charge in [0.25, 0.3) is 0 Å². The minimum absolute atomic E-state index is 0.0214. The van der Waals surface area contributed by atoms with E-state index < -0.39 is 27.5 Å². The van der Waals surface area contributed by atoms with E-state index in [1.54, 1.807) is 0 Å². The molecule has 7 heteroatoms. The summed E-state index contributed by atoms with van der Waals surface area (Å²) in [5.41, 5.74) is 0.376. The standard InChI is InChI=1S/C13H17NO5S/c1-2-6-14-12(15)9-20(18,19)8-10-4-3-5-11(7-10)13(16)17/h3-5,7H,2,6,8-9H2,1H3,(H,14,15)(H,16,17). The monoisotopic (exact) mass is 299 g/mol. The number of hydrogen-bond acceptors (Lipinski definition) is 4. The molecular weight excluding hydrogens is 282 g/mol. The second kappa shape index (κ2) is 7.04. The molecular formula is C13H17NO5S. The smallest absolute Gasteiger partial charge is 0.335 e. The third-order valence-electron chi connectivity index (χ3n) is 2.48. The van der Waals surface area contributed by atoms with Crippen LogP contribution in [0.2, 0.25) is 0 Å². The molecule has 0 saturated carbocycles. The van der Waals surface area contributed by atoms with Crippen molar-refractivity contribution in [3.05, 3.63) is 35.4 Å². The number of carboxylic acid groups (broad SMARTS) is 1. The zero-order valence-corrected chi connectivity index (χ0v) is 11.9. The number of sulfone groups is 1. The lowest BCUT2D eigenvalue weighted by molar-refractivity contribution is -0.118. The van der Waals surface area contributed by atoms with Crippen molar-refractivity contribution >= 4 is 21.7 Å². The lowest BCUT2D eigenvalue weighted by Crippen LogP contribution is -2.31. The van der Waals surface area contributed by atoms with E-state index in [2.05, 4.69) is 5.32 Å². The van der Waals surface area contributed by atoms with Crippen LogP contribution in [0.3, 0.4) is 0 Å². The van der Waals surface area contributed by atoms with Crippen LogP contribution in [-0.2, 0) is 20.4 Å². The van der Waals surface area contributed by atoms with Crippen molar-refractivity contribution in [2.45, 2.75) is 19.1 Å². The second-order valence-electron chi connectivity index (χ2n) is 4.39. The summed E-state index contributed by atoms with van der Waals surface area (Å²) in [6.45, 7) is 2.30. The van der Waals surface area contributed by atoms with E-state index in [1.165, 1.54) is 24.3 Å². The Bertz CT molecular complexity index is 595. The van der Waals surface area contributed by atoms with E-state index in [0.717, 1.165) is 6.42 Å². The van der Waals surface area contributed by atoms with Gasteiger partial charge < -0.3 is 10.4 Å². The van der Waals surface area contributed by atoms with Gasteiger partial charge in [0.15, 0.2) is 9.84 Å². The SMILES string of the molecule is CCCNC(=O)CS(=O)(=O)Cc1cccc(C(=O)O)c1. The molecule has 0 bridgehead atoms. The van der Waals surface area contributed by atoms with E-state index in [1.807, 2.05) is 6.92 Å². The summed E-state index contributed by atoms with van der Waals surface area (Å²) in [6.07, 6.45) is 0.729. The molecule has 0 unspecified atom stereocenters. The first-order chi connectivity index (χ1) is 9.34. The molecule has 1 rings (SSSR count). The summed E-state index contributed by atoms with van der Waals surface area (Å²) in [7, 11) is -3.61. The fourth-order valence-corrected chi connectivity index (χ4v) is 2.91. The molecule has 110 valence electrons. The molecule has 0 radical (unpaired) electrons. The van der Waals surface area contributed by atoms with Crippen LogP contribution in [0, 0.1) is 0 Å². The summed E-state index contributed by atoms with van der Waals surface area (Å²) in [5, 5.41) is 11.3. The molecule has 1 amide bonds. The molecule has 1 aromatic rings. The van der Waals surface area contributed by atoms with E-state index in [9.17, 15) is 18.0 Å². The Kier molecular flexibility index (Phi) is 5.69. The van der Waals surface area contributed by atoms with Crippen LogP contribution in [0.1, 0.15) is 29.3 Å². The number of rotatable bonds is 7. The Hall–Kier alpha value is -1.89. The van der Waals surface area contributed by atoms with Gasteiger partial charge in [-0.2, -0.15) is 0 Å². The highest BCUT2D eigenvalue weighted by Crippen LogP contribution is 2.10. The van der Waals surface area contributed by atoms with E-state index in [-0.39, 0.29) is 11.3 Å². The number of aromatic carboxylic acids is 1. The minimum Gasteiger partial charge on any atom is -0.478 e. The summed E-state index contributed by atoms with van der Waals surface area (Å²) in [5.74, 6) is -2.61. The first-order valence-corrected chi connectivity index (χ1v) is 7.95. The zero-order valence-electron chi connectivity index (χ0n) is 11.1. The summed E-state index contributed by atoms with van der Waals surface area (Å²) in [4.78, 5) is 22.2. The number of carboxylic acids is 1. The largest absolute Gasteiger partial charge is 0.478 e. The van der Waals surface area contributed by atoms with Gasteiger partial charge in [-0.3, -0.25) is 4.79 Å². The van der Waals surface area contributed by atoms with Crippen molar-refractivity contribution in [3.8, 4) is 0 Å².